The summed E-state index contributed by atoms with van der Waals surface area (Å²) in [6.45, 7) is 4.84. The number of carbonyl (C=O) groups is 1. The number of ether oxygens (including phenoxy) is 2. The SMILES string of the molecule is CCOc1ccc(-c2nnc(NC(=O)/C=C/c3ccccc3)o2)cc1OCC. The van der Waals surface area contributed by atoms with Crippen LogP contribution in [0.2, 0.25) is 0 Å². The second-order valence-corrected chi connectivity index (χ2v) is 5.67. The highest BCUT2D eigenvalue weighted by atomic mass is 16.5. The van der Waals surface area contributed by atoms with Crippen molar-refractivity contribution in [3.8, 4) is 23.0 Å². The standard InChI is InChI=1S/C21H21N3O4/c1-3-26-17-12-11-16(14-18(17)27-4-2)20-23-24-21(28-20)22-19(25)13-10-15-8-6-5-7-9-15/h5-14H,3-4H2,1-2H3,(H,22,24,25)/b13-10+. The Labute approximate surface area is 163 Å². The summed E-state index contributed by atoms with van der Waals surface area (Å²) in [5, 5.41) is 10.4. The van der Waals surface area contributed by atoms with Gasteiger partial charge in [-0.3, -0.25) is 10.1 Å². The quantitative estimate of drug-likeness (QED) is 0.591. The molecule has 0 radical (unpaired) electrons. The van der Waals surface area contributed by atoms with Gasteiger partial charge in [-0.2, -0.15) is 0 Å². The Balaban J connectivity index is 1.70. The highest BCUT2D eigenvalue weighted by Crippen LogP contribution is 2.32. The van der Waals surface area contributed by atoms with Gasteiger partial charge in [0.2, 0.25) is 5.89 Å². The summed E-state index contributed by atoms with van der Waals surface area (Å²) in [4.78, 5) is 12.0. The van der Waals surface area contributed by atoms with Crippen molar-refractivity contribution in [2.45, 2.75) is 13.8 Å². The van der Waals surface area contributed by atoms with Crippen LogP contribution in [0.25, 0.3) is 17.5 Å². The molecule has 0 aliphatic heterocycles. The highest BCUT2D eigenvalue weighted by molar-refractivity contribution is 6.00. The largest absolute Gasteiger partial charge is 0.490 e. The predicted molar refractivity (Wildman–Crippen MR) is 106 cm³/mol. The number of nitrogens with one attached hydrogen (secondary N) is 1. The van der Waals surface area contributed by atoms with Gasteiger partial charge >= 0.3 is 6.01 Å². The third kappa shape index (κ3) is 4.97. The third-order valence-electron chi connectivity index (χ3n) is 3.67. The van der Waals surface area contributed by atoms with Gasteiger partial charge < -0.3 is 13.9 Å². The van der Waals surface area contributed by atoms with E-state index in [0.29, 0.717) is 30.3 Å². The van der Waals surface area contributed by atoms with E-state index in [1.54, 1.807) is 24.3 Å². The molecule has 0 saturated carbocycles. The molecule has 3 rings (SSSR count). The first-order valence-electron chi connectivity index (χ1n) is 8.97. The minimum absolute atomic E-state index is 0.0181. The van der Waals surface area contributed by atoms with Crippen molar-refractivity contribution in [1.82, 2.24) is 10.2 Å². The van der Waals surface area contributed by atoms with Gasteiger partial charge in [-0.1, -0.05) is 35.4 Å². The highest BCUT2D eigenvalue weighted by Gasteiger charge is 2.13. The van der Waals surface area contributed by atoms with Crippen molar-refractivity contribution in [3.63, 3.8) is 0 Å². The van der Waals surface area contributed by atoms with Crippen molar-refractivity contribution in [3.05, 3.63) is 60.2 Å². The molecule has 3 aromatic rings. The molecule has 0 unspecified atom stereocenters. The maximum absolute atomic E-state index is 12.0. The van der Waals surface area contributed by atoms with Gasteiger partial charge in [0.25, 0.3) is 5.91 Å². The zero-order valence-corrected chi connectivity index (χ0v) is 15.7. The molecule has 0 fully saturated rings. The molecule has 0 atom stereocenters. The Morgan fingerprint density at radius 2 is 1.79 bits per heavy atom. The van der Waals surface area contributed by atoms with Gasteiger partial charge in [0.15, 0.2) is 11.5 Å². The molecule has 7 nitrogen and oxygen atoms in total. The number of hydrogen-bond donors (Lipinski definition) is 1. The smallest absolute Gasteiger partial charge is 0.322 e. The maximum atomic E-state index is 12.0. The first-order chi connectivity index (χ1) is 13.7. The van der Waals surface area contributed by atoms with E-state index in [2.05, 4.69) is 15.5 Å². The summed E-state index contributed by atoms with van der Waals surface area (Å²) in [6, 6.07) is 14.9. The Hall–Kier alpha value is -3.61. The van der Waals surface area contributed by atoms with Crippen LogP contribution >= 0.6 is 0 Å². The molecule has 1 N–H and O–H groups in total. The zero-order valence-electron chi connectivity index (χ0n) is 15.7. The van der Waals surface area contributed by atoms with Crippen LogP contribution in [0.5, 0.6) is 11.5 Å². The summed E-state index contributed by atoms with van der Waals surface area (Å²) in [5.41, 5.74) is 1.58. The van der Waals surface area contributed by atoms with Crippen molar-refractivity contribution in [2.24, 2.45) is 0 Å². The maximum Gasteiger partial charge on any atom is 0.322 e. The number of benzene rings is 2. The van der Waals surface area contributed by atoms with Crippen LogP contribution in [-0.4, -0.2) is 29.3 Å². The molecule has 0 saturated heterocycles. The molecule has 1 heterocycles. The third-order valence-corrected chi connectivity index (χ3v) is 3.67. The number of carbonyl (C=O) groups excluding carboxylic acids is 1. The van der Waals surface area contributed by atoms with Crippen LogP contribution in [0.15, 0.2) is 59.0 Å². The fourth-order valence-electron chi connectivity index (χ4n) is 2.46. The molecule has 0 aliphatic rings. The minimum atomic E-state index is -0.360. The zero-order chi connectivity index (χ0) is 19.8. The molecule has 7 heteroatoms. The molecule has 0 spiro atoms. The topological polar surface area (TPSA) is 86.5 Å². The van der Waals surface area contributed by atoms with Gasteiger partial charge in [0, 0.05) is 11.6 Å². The molecule has 0 aliphatic carbocycles. The summed E-state index contributed by atoms with van der Waals surface area (Å²) < 4.78 is 16.7. The Morgan fingerprint density at radius 1 is 1.04 bits per heavy atom. The second-order valence-electron chi connectivity index (χ2n) is 5.67. The average Bonchev–Trinajstić information content (AvgIpc) is 3.17. The lowest BCUT2D eigenvalue weighted by Crippen LogP contribution is -2.07. The van der Waals surface area contributed by atoms with E-state index in [9.17, 15) is 4.79 Å². The second kappa shape index (κ2) is 9.36. The number of anilines is 1. The number of nitrogens with zero attached hydrogens (tertiary/aromatic N) is 2. The van der Waals surface area contributed by atoms with Crippen LogP contribution in [0.4, 0.5) is 6.01 Å². The fourth-order valence-corrected chi connectivity index (χ4v) is 2.46. The average molecular weight is 379 g/mol. The lowest BCUT2D eigenvalue weighted by molar-refractivity contribution is -0.112. The van der Waals surface area contributed by atoms with E-state index < -0.39 is 0 Å². The van der Waals surface area contributed by atoms with Gasteiger partial charge in [0.05, 0.1) is 13.2 Å². The van der Waals surface area contributed by atoms with E-state index in [-0.39, 0.29) is 17.8 Å². The molecular formula is C21H21N3O4. The van der Waals surface area contributed by atoms with Crippen molar-refractivity contribution < 1.29 is 18.7 Å². The number of rotatable bonds is 8. The molecule has 1 aromatic heterocycles. The van der Waals surface area contributed by atoms with Crippen LogP contribution in [0.3, 0.4) is 0 Å². The first kappa shape index (κ1) is 19.2. The summed E-state index contributed by atoms with van der Waals surface area (Å²) >= 11 is 0. The first-order valence-corrected chi connectivity index (χ1v) is 8.97. The Kier molecular flexibility index (Phi) is 6.41. The van der Waals surface area contributed by atoms with E-state index >= 15 is 0 Å². The molecule has 2 aromatic carbocycles. The van der Waals surface area contributed by atoms with E-state index in [1.807, 2.05) is 44.2 Å². The van der Waals surface area contributed by atoms with Crippen LogP contribution < -0.4 is 14.8 Å². The van der Waals surface area contributed by atoms with Gasteiger partial charge in [-0.15, -0.1) is 5.10 Å². The van der Waals surface area contributed by atoms with Crippen molar-refractivity contribution in [1.29, 1.82) is 0 Å². The molecule has 0 bridgehead atoms. The lowest BCUT2D eigenvalue weighted by Gasteiger charge is -2.11. The monoisotopic (exact) mass is 379 g/mol. The summed E-state index contributed by atoms with van der Waals surface area (Å²) in [5.74, 6) is 1.15. The number of amides is 1. The Morgan fingerprint density at radius 3 is 2.54 bits per heavy atom. The van der Waals surface area contributed by atoms with Gasteiger partial charge in [-0.05, 0) is 43.7 Å². The number of aromatic nitrogens is 2. The molecule has 144 valence electrons. The molecular weight excluding hydrogens is 358 g/mol. The number of hydrogen-bond acceptors (Lipinski definition) is 6. The molecule has 1 amide bonds. The van der Waals surface area contributed by atoms with Crippen LogP contribution in [0, 0.1) is 0 Å². The van der Waals surface area contributed by atoms with Crippen LogP contribution in [0.1, 0.15) is 19.4 Å². The van der Waals surface area contributed by atoms with Crippen molar-refractivity contribution >= 4 is 18.0 Å². The Bertz CT molecular complexity index is 951. The predicted octanol–water partition coefficient (Wildman–Crippen LogP) is 4.19. The molecule has 28 heavy (non-hydrogen) atoms. The summed E-state index contributed by atoms with van der Waals surface area (Å²) in [7, 11) is 0. The summed E-state index contributed by atoms with van der Waals surface area (Å²) in [6.07, 6.45) is 3.11. The van der Waals surface area contributed by atoms with Crippen LogP contribution in [-0.2, 0) is 4.79 Å². The van der Waals surface area contributed by atoms with Crippen molar-refractivity contribution in [2.75, 3.05) is 18.5 Å². The normalized spacial score (nSPS) is 10.8. The fraction of sp³-hybridized carbons (Fsp3) is 0.190. The lowest BCUT2D eigenvalue weighted by atomic mass is 10.2. The van der Waals surface area contributed by atoms with E-state index in [4.69, 9.17) is 13.9 Å². The minimum Gasteiger partial charge on any atom is -0.490 e. The van der Waals surface area contributed by atoms with E-state index in [0.717, 1.165) is 5.56 Å². The van der Waals surface area contributed by atoms with E-state index in [1.165, 1.54) is 6.08 Å². The van der Waals surface area contributed by atoms with Gasteiger partial charge in [-0.25, -0.2) is 0 Å². The van der Waals surface area contributed by atoms with Gasteiger partial charge in [0.1, 0.15) is 0 Å².